The van der Waals surface area contributed by atoms with E-state index in [1.54, 1.807) is 12.1 Å². The van der Waals surface area contributed by atoms with Crippen LogP contribution in [-0.2, 0) is 4.79 Å². The molecule has 0 saturated heterocycles. The highest BCUT2D eigenvalue weighted by molar-refractivity contribution is 6.29. The Bertz CT molecular complexity index is 464. The number of halogens is 1. The highest BCUT2D eigenvalue weighted by Crippen LogP contribution is 2.24. The molecule has 5 heteroatoms. The fourth-order valence-electron chi connectivity index (χ4n) is 2.55. The Hall–Kier alpha value is -1.13. The molecule has 19 heavy (non-hydrogen) atoms. The number of rotatable bonds is 2. The first-order valence-electron chi connectivity index (χ1n) is 6.77. The second-order valence-electron chi connectivity index (χ2n) is 5.16. The fraction of sp³-hybridized carbons (Fsp3) is 0.571. The van der Waals surface area contributed by atoms with Crippen LogP contribution in [-0.4, -0.2) is 16.9 Å². The lowest BCUT2D eigenvalue weighted by Crippen LogP contribution is -2.37. The maximum atomic E-state index is 12.3. The van der Waals surface area contributed by atoms with Crippen molar-refractivity contribution in [3.8, 4) is 0 Å². The summed E-state index contributed by atoms with van der Waals surface area (Å²) in [5, 5.41) is 3.36. The van der Waals surface area contributed by atoms with E-state index in [0.717, 1.165) is 31.4 Å². The van der Waals surface area contributed by atoms with Gasteiger partial charge in [0.05, 0.1) is 17.3 Å². The van der Waals surface area contributed by atoms with E-state index in [1.807, 2.05) is 6.92 Å². The highest BCUT2D eigenvalue weighted by Gasteiger charge is 2.27. The third-order valence-electron chi connectivity index (χ3n) is 3.72. The number of carbonyl (C=O) groups is 1. The number of aryl methyl sites for hydroxylation is 1. The summed E-state index contributed by atoms with van der Waals surface area (Å²) >= 11 is 5.80. The zero-order chi connectivity index (χ0) is 13.8. The number of nitrogens with zero attached hydrogens (tertiary/aromatic N) is 1. The monoisotopic (exact) mass is 281 g/mol. The Balaban J connectivity index is 2.07. The van der Waals surface area contributed by atoms with Crippen LogP contribution >= 0.6 is 11.6 Å². The van der Waals surface area contributed by atoms with Crippen molar-refractivity contribution < 1.29 is 4.79 Å². The average molecular weight is 282 g/mol. The maximum Gasteiger partial charge on any atom is 0.229 e. The molecule has 4 nitrogen and oxygen atoms in total. The van der Waals surface area contributed by atoms with Crippen molar-refractivity contribution >= 4 is 23.2 Å². The van der Waals surface area contributed by atoms with Gasteiger partial charge in [0.25, 0.3) is 0 Å². The van der Waals surface area contributed by atoms with Gasteiger partial charge in [0.2, 0.25) is 5.91 Å². The van der Waals surface area contributed by atoms with Crippen molar-refractivity contribution in [2.75, 3.05) is 5.32 Å². The molecule has 1 fully saturated rings. The normalized spacial score (nSPS) is 23.7. The number of hydrogen-bond donors (Lipinski definition) is 2. The van der Waals surface area contributed by atoms with Gasteiger partial charge < -0.3 is 11.1 Å². The van der Waals surface area contributed by atoms with Crippen LogP contribution < -0.4 is 11.1 Å². The number of carbonyl (C=O) groups excluding carboxylic acids is 1. The number of pyridine rings is 1. The lowest BCUT2D eigenvalue weighted by atomic mass is 9.94. The van der Waals surface area contributed by atoms with Crippen LogP contribution in [0.15, 0.2) is 12.1 Å². The minimum Gasteiger partial charge on any atom is -0.327 e. The fourth-order valence-corrected chi connectivity index (χ4v) is 2.74. The van der Waals surface area contributed by atoms with E-state index in [9.17, 15) is 4.79 Å². The first kappa shape index (κ1) is 14.3. The van der Waals surface area contributed by atoms with Crippen LogP contribution in [0.2, 0.25) is 5.15 Å². The summed E-state index contributed by atoms with van der Waals surface area (Å²) in [6, 6.07) is 3.42. The van der Waals surface area contributed by atoms with Gasteiger partial charge in [-0.05, 0) is 31.9 Å². The molecular weight excluding hydrogens is 262 g/mol. The van der Waals surface area contributed by atoms with Crippen molar-refractivity contribution in [2.24, 2.45) is 11.7 Å². The largest absolute Gasteiger partial charge is 0.327 e. The molecule has 104 valence electrons. The summed E-state index contributed by atoms with van der Waals surface area (Å²) < 4.78 is 0. The molecule has 1 aromatic heterocycles. The van der Waals surface area contributed by atoms with Crippen molar-refractivity contribution in [3.05, 3.63) is 23.0 Å². The summed E-state index contributed by atoms with van der Waals surface area (Å²) in [5.41, 5.74) is 7.54. The highest BCUT2D eigenvalue weighted by atomic mass is 35.5. The van der Waals surface area contributed by atoms with Gasteiger partial charge in [0.1, 0.15) is 5.15 Å². The zero-order valence-corrected chi connectivity index (χ0v) is 11.9. The molecule has 3 N–H and O–H groups in total. The van der Waals surface area contributed by atoms with Crippen LogP contribution in [0, 0.1) is 12.8 Å². The van der Waals surface area contributed by atoms with Gasteiger partial charge in [0, 0.05) is 6.04 Å². The second kappa shape index (κ2) is 6.35. The van der Waals surface area contributed by atoms with Gasteiger partial charge in [-0.3, -0.25) is 4.79 Å². The summed E-state index contributed by atoms with van der Waals surface area (Å²) in [4.78, 5) is 16.4. The molecule has 0 bridgehead atoms. The summed E-state index contributed by atoms with van der Waals surface area (Å²) in [6.45, 7) is 1.83. The Kier molecular flexibility index (Phi) is 4.77. The number of amides is 1. The van der Waals surface area contributed by atoms with Crippen LogP contribution in [0.1, 0.15) is 37.8 Å². The van der Waals surface area contributed by atoms with Gasteiger partial charge in [-0.1, -0.05) is 30.9 Å². The molecule has 2 atom stereocenters. The van der Waals surface area contributed by atoms with Crippen LogP contribution in [0.25, 0.3) is 0 Å². The standard InChI is InChI=1S/C14H20ClN3O/c1-9-12(7-8-13(15)17-9)18-14(19)10-5-3-2-4-6-11(10)16/h7-8,10-11H,2-6,16H2,1H3,(H,18,19). The maximum absolute atomic E-state index is 12.3. The number of aromatic nitrogens is 1. The molecular formula is C14H20ClN3O. The van der Waals surface area contributed by atoms with Gasteiger partial charge in [-0.15, -0.1) is 0 Å². The van der Waals surface area contributed by atoms with E-state index >= 15 is 0 Å². The first-order valence-corrected chi connectivity index (χ1v) is 7.15. The molecule has 0 spiro atoms. The molecule has 1 aromatic rings. The SMILES string of the molecule is Cc1nc(Cl)ccc1NC(=O)C1CCCCCC1N. The lowest BCUT2D eigenvalue weighted by molar-refractivity contribution is -0.120. The number of nitrogens with two attached hydrogens (primary N) is 1. The quantitative estimate of drug-likeness (QED) is 0.647. The van der Waals surface area contributed by atoms with Crippen molar-refractivity contribution in [1.82, 2.24) is 4.98 Å². The molecule has 1 aliphatic rings. The van der Waals surface area contributed by atoms with Gasteiger partial charge in [0.15, 0.2) is 0 Å². The Morgan fingerprint density at radius 2 is 2.11 bits per heavy atom. The van der Waals surface area contributed by atoms with Crippen molar-refractivity contribution in [1.29, 1.82) is 0 Å². The van der Waals surface area contributed by atoms with Crippen molar-refractivity contribution in [2.45, 2.75) is 45.1 Å². The van der Waals surface area contributed by atoms with Gasteiger partial charge >= 0.3 is 0 Å². The number of nitrogens with one attached hydrogen (secondary N) is 1. The first-order chi connectivity index (χ1) is 9.08. The second-order valence-corrected chi connectivity index (χ2v) is 5.55. The molecule has 0 aliphatic heterocycles. The molecule has 1 amide bonds. The van der Waals surface area contributed by atoms with Crippen molar-refractivity contribution in [3.63, 3.8) is 0 Å². The van der Waals surface area contributed by atoms with E-state index in [1.165, 1.54) is 6.42 Å². The molecule has 0 radical (unpaired) electrons. The predicted molar refractivity (Wildman–Crippen MR) is 77.2 cm³/mol. The molecule has 2 unspecified atom stereocenters. The summed E-state index contributed by atoms with van der Waals surface area (Å²) in [5.74, 6) is -0.0980. The molecule has 2 rings (SSSR count). The average Bonchev–Trinajstić information content (AvgIpc) is 2.57. The smallest absolute Gasteiger partial charge is 0.229 e. The molecule has 1 saturated carbocycles. The number of hydrogen-bond acceptors (Lipinski definition) is 3. The minimum absolute atomic E-state index is 0.00150. The van der Waals surface area contributed by atoms with Gasteiger partial charge in [-0.2, -0.15) is 0 Å². The van der Waals surface area contributed by atoms with E-state index in [-0.39, 0.29) is 17.9 Å². The summed E-state index contributed by atoms with van der Waals surface area (Å²) in [7, 11) is 0. The molecule has 1 heterocycles. The minimum atomic E-state index is -0.0995. The van der Waals surface area contributed by atoms with Gasteiger partial charge in [-0.25, -0.2) is 4.98 Å². The van der Waals surface area contributed by atoms with Crippen LogP contribution in [0.3, 0.4) is 0 Å². The lowest BCUT2D eigenvalue weighted by Gasteiger charge is -2.21. The summed E-state index contributed by atoms with van der Waals surface area (Å²) in [6.07, 6.45) is 5.15. The van der Waals surface area contributed by atoms with E-state index < -0.39 is 0 Å². The molecule has 1 aliphatic carbocycles. The zero-order valence-electron chi connectivity index (χ0n) is 11.2. The Morgan fingerprint density at radius 1 is 1.37 bits per heavy atom. The van der Waals surface area contributed by atoms with E-state index in [2.05, 4.69) is 10.3 Å². The Morgan fingerprint density at radius 3 is 2.84 bits per heavy atom. The third kappa shape index (κ3) is 3.67. The van der Waals surface area contributed by atoms with Crippen LogP contribution in [0.4, 0.5) is 5.69 Å². The van der Waals surface area contributed by atoms with Crippen LogP contribution in [0.5, 0.6) is 0 Å². The third-order valence-corrected chi connectivity index (χ3v) is 3.93. The number of anilines is 1. The topological polar surface area (TPSA) is 68.0 Å². The van der Waals surface area contributed by atoms with E-state index in [4.69, 9.17) is 17.3 Å². The molecule has 0 aromatic carbocycles. The van der Waals surface area contributed by atoms with E-state index in [0.29, 0.717) is 10.8 Å². The predicted octanol–water partition coefficient (Wildman–Crippen LogP) is 2.89. The Labute approximate surface area is 118 Å².